The highest BCUT2D eigenvalue weighted by molar-refractivity contribution is 7.89. The number of aryl methyl sites for hydroxylation is 2. The molecule has 0 unspecified atom stereocenters. The van der Waals surface area contributed by atoms with Crippen LogP contribution in [0.1, 0.15) is 18.2 Å². The maximum absolute atomic E-state index is 14.4. The molecular weight excluding hydrogens is 462 g/mol. The second-order valence-electron chi connectivity index (χ2n) is 8.10. The Kier molecular flexibility index (Phi) is 6.31. The van der Waals surface area contributed by atoms with Crippen molar-refractivity contribution < 1.29 is 26.7 Å². The third kappa shape index (κ3) is 4.75. The van der Waals surface area contributed by atoms with Crippen molar-refractivity contribution in [2.24, 2.45) is 7.05 Å². The number of hydrogen-bond donors (Lipinski definition) is 0. The second kappa shape index (κ2) is 9.06. The molecule has 2 aromatic heterocycles. The first-order chi connectivity index (χ1) is 16.1. The summed E-state index contributed by atoms with van der Waals surface area (Å²) in [6.07, 6.45) is 3.70. The van der Waals surface area contributed by atoms with Gasteiger partial charge in [0, 0.05) is 47.8 Å². The lowest BCUT2D eigenvalue weighted by molar-refractivity contribution is 0.400. The van der Waals surface area contributed by atoms with Crippen LogP contribution in [-0.4, -0.2) is 31.3 Å². The summed E-state index contributed by atoms with van der Waals surface area (Å²) in [5.74, 6) is -1.11. The van der Waals surface area contributed by atoms with E-state index >= 15 is 0 Å². The fourth-order valence-corrected chi connectivity index (χ4v) is 4.71. The molecule has 0 aliphatic heterocycles. The molecule has 0 fully saturated rings. The first-order valence-corrected chi connectivity index (χ1v) is 12.6. The Morgan fingerprint density at radius 3 is 2.41 bits per heavy atom. The minimum Gasteiger partial charge on any atom is -0.479 e. The van der Waals surface area contributed by atoms with E-state index in [-0.39, 0.29) is 11.5 Å². The third-order valence-electron chi connectivity index (χ3n) is 5.41. The highest BCUT2D eigenvalue weighted by Crippen LogP contribution is 2.41. The smallest absolute Gasteiger partial charge is 0.238 e. The van der Waals surface area contributed by atoms with Crippen LogP contribution in [0.5, 0.6) is 17.4 Å². The molecule has 4 aromatic rings. The molecule has 0 aliphatic rings. The average molecular weight is 487 g/mol. The summed E-state index contributed by atoms with van der Waals surface area (Å²) in [7, 11) is 0.102. The number of methoxy groups -OCH3 is 1. The fourth-order valence-electron chi connectivity index (χ4n) is 3.92. The number of rotatable bonds is 7. The number of hydrogen-bond acceptors (Lipinski definition) is 5. The van der Waals surface area contributed by atoms with Gasteiger partial charge in [0.25, 0.3) is 0 Å². The Morgan fingerprint density at radius 2 is 1.76 bits per heavy atom. The first kappa shape index (κ1) is 23.7. The van der Waals surface area contributed by atoms with Gasteiger partial charge in [0.1, 0.15) is 17.1 Å². The Morgan fingerprint density at radius 1 is 1.03 bits per heavy atom. The number of nitrogens with zero attached hydrogens (tertiary/aromatic N) is 2. The summed E-state index contributed by atoms with van der Waals surface area (Å²) in [5.41, 5.74) is 3.42. The number of fused-ring (bicyclic) bond motifs is 1. The highest BCUT2D eigenvalue weighted by atomic mass is 32.2. The minimum absolute atomic E-state index is 0.146. The first-order valence-electron chi connectivity index (χ1n) is 10.6. The van der Waals surface area contributed by atoms with E-state index in [1.165, 1.54) is 6.07 Å². The van der Waals surface area contributed by atoms with Crippen LogP contribution in [0.15, 0.2) is 48.7 Å². The molecule has 6 nitrogen and oxygen atoms in total. The molecule has 178 valence electrons. The van der Waals surface area contributed by atoms with Crippen LogP contribution >= 0.6 is 0 Å². The van der Waals surface area contributed by atoms with E-state index in [2.05, 4.69) is 4.98 Å². The molecule has 9 heteroatoms. The topological polar surface area (TPSA) is 70.4 Å². The minimum atomic E-state index is -3.30. The van der Waals surface area contributed by atoms with E-state index in [4.69, 9.17) is 9.47 Å². The van der Waals surface area contributed by atoms with E-state index in [1.54, 1.807) is 25.3 Å². The zero-order chi connectivity index (χ0) is 24.6. The Balaban J connectivity index is 1.96. The monoisotopic (exact) mass is 486 g/mol. The molecule has 0 aliphatic carbocycles. The molecule has 4 rings (SSSR count). The van der Waals surface area contributed by atoms with Crippen molar-refractivity contribution in [2.75, 3.05) is 13.4 Å². The van der Waals surface area contributed by atoms with Crippen LogP contribution < -0.4 is 9.47 Å². The molecule has 0 N–H and O–H groups in total. The van der Waals surface area contributed by atoms with Crippen molar-refractivity contribution in [3.63, 3.8) is 0 Å². The van der Waals surface area contributed by atoms with Crippen LogP contribution in [0.3, 0.4) is 0 Å². The predicted octanol–water partition coefficient (Wildman–Crippen LogP) is 5.43. The lowest BCUT2D eigenvalue weighted by Crippen LogP contribution is -2.01. The van der Waals surface area contributed by atoms with Crippen LogP contribution in [-0.2, 0) is 29.1 Å². The van der Waals surface area contributed by atoms with Gasteiger partial charge >= 0.3 is 0 Å². The van der Waals surface area contributed by atoms with Gasteiger partial charge in [-0.05, 0) is 42.3 Å². The van der Waals surface area contributed by atoms with E-state index in [0.717, 1.165) is 40.5 Å². The van der Waals surface area contributed by atoms with Gasteiger partial charge in [-0.3, -0.25) is 0 Å². The molecular formula is C25H24F2N2O4S. The Labute approximate surface area is 196 Å². The van der Waals surface area contributed by atoms with Gasteiger partial charge < -0.3 is 14.0 Å². The van der Waals surface area contributed by atoms with Crippen LogP contribution in [0.25, 0.3) is 22.0 Å². The van der Waals surface area contributed by atoms with Gasteiger partial charge in [-0.2, -0.15) is 0 Å². The maximum Gasteiger partial charge on any atom is 0.238 e. The van der Waals surface area contributed by atoms with Crippen molar-refractivity contribution in [3.05, 3.63) is 71.6 Å². The molecule has 0 saturated carbocycles. The van der Waals surface area contributed by atoms with Crippen molar-refractivity contribution in [1.82, 2.24) is 9.55 Å². The lowest BCUT2D eigenvalue weighted by atomic mass is 10.0. The molecule has 34 heavy (non-hydrogen) atoms. The van der Waals surface area contributed by atoms with Crippen molar-refractivity contribution in [2.45, 2.75) is 19.1 Å². The van der Waals surface area contributed by atoms with Gasteiger partial charge in [0.15, 0.2) is 21.4 Å². The Bertz CT molecular complexity index is 1500. The second-order valence-corrected chi connectivity index (χ2v) is 10.2. The van der Waals surface area contributed by atoms with Gasteiger partial charge in [-0.25, -0.2) is 22.2 Å². The molecule has 0 amide bonds. The standard InChI is InChI=1S/C25H24F2N2O4S/c1-5-17-12-19-20(13-29(2)24(19)25(28-17)32-3)18-10-15(14-34(4,30)31)6-8-22(18)33-23-9-7-16(26)11-21(23)27/h6-13H,5,14H2,1-4H3. The molecule has 0 radical (unpaired) electrons. The van der Waals surface area contributed by atoms with Crippen LogP contribution in [0.2, 0.25) is 0 Å². The Hall–Kier alpha value is -3.46. The fraction of sp³-hybridized carbons (Fsp3) is 0.240. The van der Waals surface area contributed by atoms with Crippen molar-refractivity contribution in [1.29, 1.82) is 0 Å². The summed E-state index contributed by atoms with van der Waals surface area (Å²) in [5, 5.41) is 0.826. The number of halogens is 2. The van der Waals surface area contributed by atoms with E-state index < -0.39 is 21.5 Å². The largest absolute Gasteiger partial charge is 0.479 e. The predicted molar refractivity (Wildman–Crippen MR) is 127 cm³/mol. The molecule has 0 spiro atoms. The number of aromatic nitrogens is 2. The molecule has 0 saturated heterocycles. The van der Waals surface area contributed by atoms with Gasteiger partial charge in [0.05, 0.1) is 12.9 Å². The summed E-state index contributed by atoms with van der Waals surface area (Å²) < 4.78 is 64.9. The molecule has 0 atom stereocenters. The van der Waals surface area contributed by atoms with Crippen LogP contribution in [0.4, 0.5) is 8.78 Å². The van der Waals surface area contributed by atoms with E-state index in [1.807, 2.05) is 30.8 Å². The summed E-state index contributed by atoms with van der Waals surface area (Å²) in [6, 6.07) is 9.93. The number of ether oxygens (including phenoxy) is 2. The van der Waals surface area contributed by atoms with E-state index in [0.29, 0.717) is 29.2 Å². The number of sulfone groups is 1. The normalized spacial score (nSPS) is 11.7. The van der Waals surface area contributed by atoms with Crippen molar-refractivity contribution >= 4 is 20.7 Å². The lowest BCUT2D eigenvalue weighted by Gasteiger charge is -2.14. The zero-order valence-corrected chi connectivity index (χ0v) is 20.0. The summed E-state index contributed by atoms with van der Waals surface area (Å²) in [4.78, 5) is 4.54. The van der Waals surface area contributed by atoms with Gasteiger partial charge in [0.2, 0.25) is 5.88 Å². The van der Waals surface area contributed by atoms with Crippen molar-refractivity contribution in [3.8, 4) is 28.5 Å². The zero-order valence-electron chi connectivity index (χ0n) is 19.2. The number of pyridine rings is 1. The van der Waals surface area contributed by atoms with Gasteiger partial charge in [-0.15, -0.1) is 0 Å². The molecule has 2 aromatic carbocycles. The third-order valence-corrected chi connectivity index (χ3v) is 6.27. The highest BCUT2D eigenvalue weighted by Gasteiger charge is 2.20. The summed E-state index contributed by atoms with van der Waals surface area (Å²) in [6.45, 7) is 1.98. The molecule has 0 bridgehead atoms. The average Bonchev–Trinajstić information content (AvgIpc) is 3.11. The van der Waals surface area contributed by atoms with Gasteiger partial charge in [-0.1, -0.05) is 13.0 Å². The quantitative estimate of drug-likeness (QED) is 0.349. The van der Waals surface area contributed by atoms with Crippen LogP contribution in [0, 0.1) is 11.6 Å². The molecule has 2 heterocycles. The maximum atomic E-state index is 14.4. The number of benzene rings is 2. The summed E-state index contributed by atoms with van der Waals surface area (Å²) >= 11 is 0. The van der Waals surface area contributed by atoms with E-state index in [9.17, 15) is 17.2 Å². The SMILES string of the molecule is CCc1cc2c(-c3cc(CS(C)(=O)=O)ccc3Oc3ccc(F)cc3F)cn(C)c2c(OC)n1.